The molecule has 2 aromatic heterocycles. The number of nitrogens with two attached hydrogens (primary N) is 1. The van der Waals surface area contributed by atoms with E-state index in [1.807, 2.05) is 55.3 Å². The van der Waals surface area contributed by atoms with E-state index in [1.54, 1.807) is 4.68 Å². The zero-order chi connectivity index (χ0) is 25.1. The van der Waals surface area contributed by atoms with Crippen molar-refractivity contribution in [2.24, 2.45) is 18.7 Å². The van der Waals surface area contributed by atoms with Gasteiger partial charge in [-0.15, -0.1) is 0 Å². The highest BCUT2D eigenvalue weighted by Crippen LogP contribution is 2.34. The van der Waals surface area contributed by atoms with Crippen molar-refractivity contribution in [1.29, 1.82) is 0 Å². The maximum Gasteiger partial charge on any atom is 0.273 e. The van der Waals surface area contributed by atoms with Crippen LogP contribution in [0.1, 0.15) is 69.4 Å². The molecule has 2 heterocycles. The van der Waals surface area contributed by atoms with Crippen LogP contribution in [0.15, 0.2) is 53.7 Å². The van der Waals surface area contributed by atoms with E-state index in [0.717, 1.165) is 42.4 Å². The summed E-state index contributed by atoms with van der Waals surface area (Å²) in [4.78, 5) is 24.7. The van der Waals surface area contributed by atoms with E-state index in [1.165, 1.54) is 5.56 Å². The molecule has 1 aliphatic carbocycles. The Labute approximate surface area is 207 Å². The fraction of sp³-hybridized carbons (Fsp3) is 0.464. The molecular formula is C28H37N5O2. The third-order valence-corrected chi connectivity index (χ3v) is 7.11. The number of nitrogens with one attached hydrogen (secondary N) is 1. The Hall–Kier alpha value is -3.35. The second-order valence-corrected chi connectivity index (χ2v) is 10.4. The largest absolute Gasteiger partial charge is 0.378 e. The molecule has 0 bridgehead atoms. The standard InChI is InChI=1S/C28H37N5O2/c1-18(2)15-33-17-23(24-14-30-32(4)16-24)13-26(28(33)35)31-25-11-9-22(10-12-25)21-7-5-20(6-8-21)19(3)27(29)34/h5-8,13-14,16-19,22,25,31H,9-12,15H2,1-4H3,(H2,29,34)/t19?,22-,25+. The number of nitrogens with zero attached hydrogens (tertiary/aromatic N) is 3. The van der Waals surface area contributed by atoms with Crippen molar-refractivity contribution in [1.82, 2.24) is 14.3 Å². The lowest BCUT2D eigenvalue weighted by atomic mass is 9.81. The van der Waals surface area contributed by atoms with Gasteiger partial charge in [-0.1, -0.05) is 38.1 Å². The molecule has 35 heavy (non-hydrogen) atoms. The number of aromatic nitrogens is 3. The van der Waals surface area contributed by atoms with Crippen LogP contribution >= 0.6 is 0 Å². The van der Waals surface area contributed by atoms with Crippen LogP contribution in [-0.2, 0) is 18.4 Å². The van der Waals surface area contributed by atoms with Gasteiger partial charge in [0.2, 0.25) is 5.91 Å². The molecule has 4 rings (SSSR count). The monoisotopic (exact) mass is 475 g/mol. The van der Waals surface area contributed by atoms with Gasteiger partial charge in [-0.3, -0.25) is 14.3 Å². The fourth-order valence-electron chi connectivity index (χ4n) is 5.01. The lowest BCUT2D eigenvalue weighted by Crippen LogP contribution is -2.31. The lowest BCUT2D eigenvalue weighted by Gasteiger charge is -2.30. The molecule has 3 aromatic rings. The van der Waals surface area contributed by atoms with E-state index in [9.17, 15) is 9.59 Å². The highest BCUT2D eigenvalue weighted by Gasteiger charge is 2.24. The Balaban J connectivity index is 1.46. The minimum Gasteiger partial charge on any atom is -0.378 e. The first-order valence-electron chi connectivity index (χ1n) is 12.6. The number of amides is 1. The number of carbonyl (C=O) groups excluding carboxylic acids is 1. The molecule has 1 saturated carbocycles. The summed E-state index contributed by atoms with van der Waals surface area (Å²) >= 11 is 0. The van der Waals surface area contributed by atoms with Crippen molar-refractivity contribution in [3.63, 3.8) is 0 Å². The van der Waals surface area contributed by atoms with Crippen LogP contribution in [0.3, 0.4) is 0 Å². The Kier molecular flexibility index (Phi) is 7.43. The topological polar surface area (TPSA) is 94.9 Å². The summed E-state index contributed by atoms with van der Waals surface area (Å²) in [7, 11) is 1.90. The molecular weight excluding hydrogens is 438 g/mol. The normalized spacial score (nSPS) is 19.0. The van der Waals surface area contributed by atoms with Crippen LogP contribution in [0, 0.1) is 5.92 Å². The first-order chi connectivity index (χ1) is 16.7. The van der Waals surface area contributed by atoms with Crippen molar-refractivity contribution in [2.45, 2.75) is 70.9 Å². The average molecular weight is 476 g/mol. The van der Waals surface area contributed by atoms with E-state index < -0.39 is 0 Å². The molecule has 1 amide bonds. The molecule has 1 aromatic carbocycles. The quantitative estimate of drug-likeness (QED) is 0.496. The van der Waals surface area contributed by atoms with Gasteiger partial charge in [0, 0.05) is 43.2 Å². The van der Waals surface area contributed by atoms with Gasteiger partial charge in [-0.05, 0) is 61.6 Å². The summed E-state index contributed by atoms with van der Waals surface area (Å²) in [6.45, 7) is 6.77. The zero-order valence-electron chi connectivity index (χ0n) is 21.2. The molecule has 1 fully saturated rings. The highest BCUT2D eigenvalue weighted by molar-refractivity contribution is 5.81. The number of pyridine rings is 1. The molecule has 3 N–H and O–H groups in total. The molecule has 1 atom stereocenters. The third kappa shape index (κ3) is 5.84. The molecule has 1 aliphatic rings. The fourth-order valence-corrected chi connectivity index (χ4v) is 5.01. The van der Waals surface area contributed by atoms with Crippen LogP contribution in [-0.4, -0.2) is 26.3 Å². The van der Waals surface area contributed by atoms with Gasteiger partial charge in [-0.25, -0.2) is 0 Å². The molecule has 1 unspecified atom stereocenters. The molecule has 0 spiro atoms. The molecule has 7 heteroatoms. The van der Waals surface area contributed by atoms with Crippen LogP contribution < -0.4 is 16.6 Å². The molecule has 186 valence electrons. The Morgan fingerprint density at radius 1 is 1.09 bits per heavy atom. The summed E-state index contributed by atoms with van der Waals surface area (Å²) in [5.74, 6) is 0.290. The Bertz CT molecular complexity index is 1220. The molecule has 0 radical (unpaired) electrons. The molecule has 7 nitrogen and oxygen atoms in total. The van der Waals surface area contributed by atoms with E-state index in [0.29, 0.717) is 24.1 Å². The van der Waals surface area contributed by atoms with E-state index in [4.69, 9.17) is 5.73 Å². The van der Waals surface area contributed by atoms with Gasteiger partial charge >= 0.3 is 0 Å². The predicted octanol–water partition coefficient (Wildman–Crippen LogP) is 4.63. The van der Waals surface area contributed by atoms with Crippen LogP contribution in [0.4, 0.5) is 5.69 Å². The number of hydrogen-bond acceptors (Lipinski definition) is 4. The van der Waals surface area contributed by atoms with Gasteiger partial charge < -0.3 is 15.6 Å². The third-order valence-electron chi connectivity index (χ3n) is 7.11. The summed E-state index contributed by atoms with van der Waals surface area (Å²) in [6, 6.07) is 10.6. The Morgan fingerprint density at radius 2 is 1.77 bits per heavy atom. The van der Waals surface area contributed by atoms with Crippen molar-refractivity contribution >= 4 is 11.6 Å². The maximum atomic E-state index is 13.2. The van der Waals surface area contributed by atoms with E-state index in [-0.39, 0.29) is 23.4 Å². The summed E-state index contributed by atoms with van der Waals surface area (Å²) < 4.78 is 3.61. The van der Waals surface area contributed by atoms with E-state index >= 15 is 0 Å². The Morgan fingerprint density at radius 3 is 2.34 bits per heavy atom. The number of benzene rings is 1. The van der Waals surface area contributed by atoms with E-state index in [2.05, 4.69) is 36.4 Å². The van der Waals surface area contributed by atoms with Crippen molar-refractivity contribution in [3.05, 3.63) is 70.4 Å². The van der Waals surface area contributed by atoms with Gasteiger partial charge in [0.05, 0.1) is 12.1 Å². The van der Waals surface area contributed by atoms with Crippen molar-refractivity contribution < 1.29 is 4.79 Å². The van der Waals surface area contributed by atoms with Crippen LogP contribution in [0.2, 0.25) is 0 Å². The molecule has 0 aliphatic heterocycles. The maximum absolute atomic E-state index is 13.2. The summed E-state index contributed by atoms with van der Waals surface area (Å²) in [5.41, 5.74) is 10.4. The number of aryl methyl sites for hydroxylation is 1. The first-order valence-corrected chi connectivity index (χ1v) is 12.6. The second-order valence-electron chi connectivity index (χ2n) is 10.4. The SMILES string of the molecule is CC(C)Cn1cc(-c2cnn(C)c2)cc(N[C@H]2CC[C@@H](c3ccc(C(C)C(N)=O)cc3)CC2)c1=O. The number of hydrogen-bond donors (Lipinski definition) is 2. The van der Waals surface area contributed by atoms with Crippen molar-refractivity contribution in [2.75, 3.05) is 5.32 Å². The zero-order valence-corrected chi connectivity index (χ0v) is 21.2. The number of carbonyl (C=O) groups is 1. The summed E-state index contributed by atoms with van der Waals surface area (Å²) in [5, 5.41) is 7.87. The van der Waals surface area contributed by atoms with Gasteiger partial charge in [-0.2, -0.15) is 5.10 Å². The number of anilines is 1. The minimum absolute atomic E-state index is 0.0348. The van der Waals surface area contributed by atoms with Crippen molar-refractivity contribution in [3.8, 4) is 11.1 Å². The minimum atomic E-state index is -0.301. The molecule has 0 saturated heterocycles. The summed E-state index contributed by atoms with van der Waals surface area (Å²) in [6.07, 6.45) is 9.89. The average Bonchev–Trinajstić information content (AvgIpc) is 3.27. The predicted molar refractivity (Wildman–Crippen MR) is 140 cm³/mol. The van der Waals surface area contributed by atoms with Gasteiger partial charge in [0.25, 0.3) is 5.56 Å². The lowest BCUT2D eigenvalue weighted by molar-refractivity contribution is -0.119. The van der Waals surface area contributed by atoms with Gasteiger partial charge in [0.15, 0.2) is 0 Å². The van der Waals surface area contributed by atoms with Gasteiger partial charge in [0.1, 0.15) is 5.69 Å². The first kappa shape index (κ1) is 24.8. The second kappa shape index (κ2) is 10.5. The number of primary amides is 1. The smallest absolute Gasteiger partial charge is 0.273 e. The highest BCUT2D eigenvalue weighted by atomic mass is 16.1. The van der Waals surface area contributed by atoms with Crippen LogP contribution in [0.25, 0.3) is 11.1 Å². The number of rotatable bonds is 8. The van der Waals surface area contributed by atoms with Crippen LogP contribution in [0.5, 0.6) is 0 Å².